The molecule has 0 saturated heterocycles. The van der Waals surface area contributed by atoms with E-state index in [1.54, 1.807) is 0 Å². The number of nitrogens with one attached hydrogen (secondary N) is 1. The molecule has 0 amide bonds. The van der Waals surface area contributed by atoms with Crippen LogP contribution < -0.4 is 5.32 Å². The third-order valence-electron chi connectivity index (χ3n) is 3.09. The molecule has 0 aliphatic heterocycles. The lowest BCUT2D eigenvalue weighted by Crippen LogP contribution is -2.28. The summed E-state index contributed by atoms with van der Waals surface area (Å²) in [6, 6.07) is 2.54. The predicted molar refractivity (Wildman–Crippen MR) is 70.0 cm³/mol. The number of rotatable bonds is 3. The molecule has 1 fully saturated rings. The third kappa shape index (κ3) is 3.11. The Morgan fingerprint density at radius 2 is 2.31 bits per heavy atom. The van der Waals surface area contributed by atoms with Crippen LogP contribution in [0, 0.1) is 6.92 Å². The molecule has 1 saturated carbocycles. The number of aromatic nitrogens is 2. The van der Waals surface area contributed by atoms with Crippen molar-refractivity contribution >= 4 is 17.6 Å². The van der Waals surface area contributed by atoms with Crippen molar-refractivity contribution in [2.24, 2.45) is 0 Å². The second kappa shape index (κ2) is 5.53. The standard InChI is InChI=1S/C12H19N3S/c1-9-13-7-6-12(14-9)15-10-4-3-5-11(8-10)16-2/h6-7,10-11H,3-5,8H2,1-2H3,(H,13,14,15). The van der Waals surface area contributed by atoms with Gasteiger partial charge in [-0.15, -0.1) is 0 Å². The Balaban J connectivity index is 1.94. The summed E-state index contributed by atoms with van der Waals surface area (Å²) < 4.78 is 0. The Hall–Kier alpha value is -0.770. The molecule has 1 aliphatic carbocycles. The highest BCUT2D eigenvalue weighted by atomic mass is 32.2. The van der Waals surface area contributed by atoms with E-state index in [1.807, 2.05) is 30.9 Å². The fourth-order valence-electron chi connectivity index (χ4n) is 2.24. The van der Waals surface area contributed by atoms with Crippen LogP contribution in [-0.4, -0.2) is 27.5 Å². The zero-order valence-electron chi connectivity index (χ0n) is 9.94. The largest absolute Gasteiger partial charge is 0.367 e. The summed E-state index contributed by atoms with van der Waals surface area (Å²) in [5.74, 6) is 1.81. The van der Waals surface area contributed by atoms with Crippen LogP contribution in [0.15, 0.2) is 12.3 Å². The summed E-state index contributed by atoms with van der Waals surface area (Å²) >= 11 is 1.99. The van der Waals surface area contributed by atoms with Crippen LogP contribution in [0.1, 0.15) is 31.5 Å². The van der Waals surface area contributed by atoms with Gasteiger partial charge < -0.3 is 5.32 Å². The molecular weight excluding hydrogens is 218 g/mol. The molecule has 4 heteroatoms. The fraction of sp³-hybridized carbons (Fsp3) is 0.667. The van der Waals surface area contributed by atoms with Gasteiger partial charge in [0, 0.05) is 17.5 Å². The molecule has 88 valence electrons. The number of hydrogen-bond donors (Lipinski definition) is 1. The van der Waals surface area contributed by atoms with Crippen molar-refractivity contribution < 1.29 is 0 Å². The maximum Gasteiger partial charge on any atom is 0.129 e. The van der Waals surface area contributed by atoms with Crippen LogP contribution in [0.2, 0.25) is 0 Å². The van der Waals surface area contributed by atoms with Crippen LogP contribution in [0.4, 0.5) is 5.82 Å². The van der Waals surface area contributed by atoms with E-state index in [2.05, 4.69) is 21.5 Å². The Bertz CT molecular complexity index is 343. The van der Waals surface area contributed by atoms with Gasteiger partial charge in [0.1, 0.15) is 11.6 Å². The second-order valence-corrected chi connectivity index (χ2v) is 5.49. The highest BCUT2D eigenvalue weighted by Crippen LogP contribution is 2.28. The Morgan fingerprint density at radius 3 is 3.06 bits per heavy atom. The molecule has 16 heavy (non-hydrogen) atoms. The highest BCUT2D eigenvalue weighted by Gasteiger charge is 2.21. The number of anilines is 1. The molecule has 2 rings (SSSR count). The van der Waals surface area contributed by atoms with Crippen molar-refractivity contribution in [3.63, 3.8) is 0 Å². The van der Waals surface area contributed by atoms with Crippen molar-refractivity contribution in [2.75, 3.05) is 11.6 Å². The minimum atomic E-state index is 0.584. The minimum absolute atomic E-state index is 0.584. The van der Waals surface area contributed by atoms with E-state index in [4.69, 9.17) is 0 Å². The Morgan fingerprint density at radius 1 is 1.44 bits per heavy atom. The smallest absolute Gasteiger partial charge is 0.129 e. The number of aryl methyl sites for hydroxylation is 1. The molecule has 0 bridgehead atoms. The molecule has 0 aromatic carbocycles. The van der Waals surface area contributed by atoms with Crippen LogP contribution >= 0.6 is 11.8 Å². The normalized spacial score (nSPS) is 25.4. The zero-order valence-corrected chi connectivity index (χ0v) is 10.8. The molecule has 1 heterocycles. The van der Waals surface area contributed by atoms with Gasteiger partial charge in [-0.05, 0) is 38.5 Å². The summed E-state index contributed by atoms with van der Waals surface area (Å²) in [4.78, 5) is 8.50. The monoisotopic (exact) mass is 237 g/mol. The molecule has 0 spiro atoms. The molecule has 0 radical (unpaired) electrons. The van der Waals surface area contributed by atoms with Gasteiger partial charge in [-0.25, -0.2) is 9.97 Å². The quantitative estimate of drug-likeness (QED) is 0.877. The van der Waals surface area contributed by atoms with Crippen molar-refractivity contribution in [3.05, 3.63) is 18.1 Å². The zero-order chi connectivity index (χ0) is 11.4. The maximum atomic E-state index is 4.39. The average molecular weight is 237 g/mol. The predicted octanol–water partition coefficient (Wildman–Crippen LogP) is 2.87. The first-order valence-electron chi connectivity index (χ1n) is 5.87. The lowest BCUT2D eigenvalue weighted by Gasteiger charge is -2.29. The van der Waals surface area contributed by atoms with Gasteiger partial charge in [0.15, 0.2) is 0 Å². The molecule has 1 aromatic heterocycles. The van der Waals surface area contributed by atoms with E-state index in [-0.39, 0.29) is 0 Å². The first-order chi connectivity index (χ1) is 7.78. The molecule has 1 N–H and O–H groups in total. The van der Waals surface area contributed by atoms with Crippen LogP contribution in [0.3, 0.4) is 0 Å². The minimum Gasteiger partial charge on any atom is -0.367 e. The molecule has 2 atom stereocenters. The molecule has 3 nitrogen and oxygen atoms in total. The second-order valence-electron chi connectivity index (χ2n) is 4.35. The lowest BCUT2D eigenvalue weighted by molar-refractivity contribution is 0.472. The summed E-state index contributed by atoms with van der Waals surface area (Å²) in [5, 5.41) is 4.34. The Kier molecular flexibility index (Phi) is 4.04. The number of nitrogens with zero attached hydrogens (tertiary/aromatic N) is 2. The maximum absolute atomic E-state index is 4.39. The van der Waals surface area contributed by atoms with Gasteiger partial charge in [-0.2, -0.15) is 11.8 Å². The summed E-state index contributed by atoms with van der Waals surface area (Å²) in [6.45, 7) is 1.93. The van der Waals surface area contributed by atoms with Crippen molar-refractivity contribution in [3.8, 4) is 0 Å². The third-order valence-corrected chi connectivity index (χ3v) is 4.18. The van der Waals surface area contributed by atoms with E-state index in [0.717, 1.165) is 16.9 Å². The van der Waals surface area contributed by atoms with E-state index in [1.165, 1.54) is 25.7 Å². The Labute approximate surface area is 101 Å². The van der Waals surface area contributed by atoms with Crippen LogP contribution in [-0.2, 0) is 0 Å². The number of hydrogen-bond acceptors (Lipinski definition) is 4. The summed E-state index contributed by atoms with van der Waals surface area (Å²) in [5.41, 5.74) is 0. The molecule has 1 aliphatic rings. The van der Waals surface area contributed by atoms with Crippen LogP contribution in [0.5, 0.6) is 0 Å². The first-order valence-corrected chi connectivity index (χ1v) is 7.15. The first kappa shape index (κ1) is 11.7. The van der Waals surface area contributed by atoms with Crippen LogP contribution in [0.25, 0.3) is 0 Å². The van der Waals surface area contributed by atoms with Crippen molar-refractivity contribution in [1.82, 2.24) is 9.97 Å². The van der Waals surface area contributed by atoms with E-state index in [0.29, 0.717) is 6.04 Å². The van der Waals surface area contributed by atoms with Crippen molar-refractivity contribution in [2.45, 2.75) is 43.9 Å². The van der Waals surface area contributed by atoms with E-state index >= 15 is 0 Å². The summed E-state index contributed by atoms with van der Waals surface area (Å²) in [6.07, 6.45) is 9.24. The van der Waals surface area contributed by atoms with Crippen molar-refractivity contribution in [1.29, 1.82) is 0 Å². The van der Waals surface area contributed by atoms with E-state index in [9.17, 15) is 0 Å². The van der Waals surface area contributed by atoms with Gasteiger partial charge in [-0.1, -0.05) is 6.42 Å². The van der Waals surface area contributed by atoms with Gasteiger partial charge >= 0.3 is 0 Å². The van der Waals surface area contributed by atoms with Gasteiger partial charge in [0.2, 0.25) is 0 Å². The topological polar surface area (TPSA) is 37.8 Å². The highest BCUT2D eigenvalue weighted by molar-refractivity contribution is 7.99. The van der Waals surface area contributed by atoms with Gasteiger partial charge in [0.05, 0.1) is 0 Å². The molecule has 1 aromatic rings. The van der Waals surface area contributed by atoms with Gasteiger partial charge in [-0.3, -0.25) is 0 Å². The lowest BCUT2D eigenvalue weighted by atomic mass is 9.95. The SMILES string of the molecule is CSC1CCCC(Nc2ccnc(C)n2)C1. The van der Waals surface area contributed by atoms with Gasteiger partial charge in [0.25, 0.3) is 0 Å². The fourth-order valence-corrected chi connectivity index (χ4v) is 3.06. The van der Waals surface area contributed by atoms with E-state index < -0.39 is 0 Å². The molecule has 2 unspecified atom stereocenters. The number of thioether (sulfide) groups is 1. The summed E-state index contributed by atoms with van der Waals surface area (Å²) in [7, 11) is 0. The average Bonchev–Trinajstić information content (AvgIpc) is 2.29. The molecular formula is C12H19N3S.